The Balaban J connectivity index is -0.000000343. The fourth-order valence-electron chi connectivity index (χ4n) is 3.43. The molecule has 2 rings (SSSR count). The van der Waals surface area contributed by atoms with Crippen LogP contribution < -0.4 is 20.7 Å². The maximum Gasteiger partial charge on any atom is 0.338 e. The summed E-state index contributed by atoms with van der Waals surface area (Å²) >= 11 is 0. The van der Waals surface area contributed by atoms with Gasteiger partial charge in [-0.3, -0.25) is 10.2 Å². The molecule has 0 aromatic heterocycles. The molecule has 0 atom stereocenters. The van der Waals surface area contributed by atoms with Crippen LogP contribution in [0, 0.1) is 11.1 Å². The summed E-state index contributed by atoms with van der Waals surface area (Å²) in [6, 6.07) is 13.8. The number of nitrogens with one attached hydrogen (secondary N) is 3. The number of unbranched alkanes of at least 4 members (excludes halogenated alkanes) is 6. The molecular formula is C30H52N10O7. The molecule has 0 heterocycles. The van der Waals surface area contributed by atoms with E-state index in [2.05, 4.69) is 25.5 Å². The summed E-state index contributed by atoms with van der Waals surface area (Å²) < 4.78 is 16.1. The van der Waals surface area contributed by atoms with E-state index in [4.69, 9.17) is 47.3 Å². The van der Waals surface area contributed by atoms with E-state index in [9.17, 15) is 9.59 Å². The van der Waals surface area contributed by atoms with Crippen molar-refractivity contribution in [3.63, 3.8) is 0 Å². The number of hydrazine groups is 1. The van der Waals surface area contributed by atoms with Crippen molar-refractivity contribution in [3.8, 4) is 11.5 Å². The number of esters is 1. The van der Waals surface area contributed by atoms with Gasteiger partial charge in [0.2, 0.25) is 0 Å². The quantitative estimate of drug-likeness (QED) is 0.0158. The first-order chi connectivity index (χ1) is 22.5. The Hall–Kier alpha value is -4.92. The van der Waals surface area contributed by atoms with Gasteiger partial charge in [-0.15, -0.1) is 0 Å². The van der Waals surface area contributed by atoms with Gasteiger partial charge in [0.1, 0.15) is 11.5 Å². The van der Waals surface area contributed by atoms with E-state index in [1.54, 1.807) is 62.4 Å². The second-order valence-electron chi connectivity index (χ2n) is 8.99. The lowest BCUT2D eigenvalue weighted by molar-refractivity contribution is 0.0526. The summed E-state index contributed by atoms with van der Waals surface area (Å²) in [4.78, 5) is 28.1. The lowest BCUT2D eigenvalue weighted by Crippen LogP contribution is -2.29. The molecule has 0 saturated carbocycles. The van der Waals surface area contributed by atoms with E-state index in [1.165, 1.54) is 0 Å². The maximum atomic E-state index is 11.5. The van der Waals surface area contributed by atoms with Gasteiger partial charge in [0.05, 0.1) is 25.4 Å². The molecule has 17 nitrogen and oxygen atoms in total. The number of ether oxygens (including phenoxy) is 3. The van der Waals surface area contributed by atoms with Crippen LogP contribution in [0.15, 0.2) is 58.8 Å². The lowest BCUT2D eigenvalue weighted by atomic mass is 10.2. The maximum absolute atomic E-state index is 11.5. The minimum absolute atomic E-state index is 0. The van der Waals surface area contributed by atoms with Crippen molar-refractivity contribution in [1.82, 2.24) is 5.43 Å². The highest BCUT2D eigenvalue weighted by atomic mass is 16.5. The van der Waals surface area contributed by atoms with E-state index >= 15 is 0 Å². The predicted octanol–water partition coefficient (Wildman–Crippen LogP) is 6.67. The second kappa shape index (κ2) is 35.6. The fourth-order valence-corrected chi connectivity index (χ4v) is 3.43. The second-order valence-corrected chi connectivity index (χ2v) is 8.99. The molecule has 2 aromatic rings. The van der Waals surface area contributed by atoms with Gasteiger partial charge in [0, 0.05) is 36.5 Å². The summed E-state index contributed by atoms with van der Waals surface area (Å²) in [7, 11) is 0. The Morgan fingerprint density at radius 2 is 1.17 bits per heavy atom. The third-order valence-corrected chi connectivity index (χ3v) is 5.58. The third kappa shape index (κ3) is 27.1. The van der Waals surface area contributed by atoms with E-state index in [0.29, 0.717) is 44.0 Å². The summed E-state index contributed by atoms with van der Waals surface area (Å²) in [5, 5.41) is 14.5. The topological polar surface area (TPSA) is 297 Å². The molecule has 1 amide bonds. The van der Waals surface area contributed by atoms with Gasteiger partial charge in [-0.2, -0.15) is 0 Å². The van der Waals surface area contributed by atoms with Crippen LogP contribution in [0.1, 0.15) is 87.4 Å². The molecule has 264 valence electrons. The number of rotatable bonds is 19. The molecule has 8 N–H and O–H groups in total. The van der Waals surface area contributed by atoms with Gasteiger partial charge >= 0.3 is 5.97 Å². The predicted molar refractivity (Wildman–Crippen MR) is 180 cm³/mol. The zero-order chi connectivity index (χ0) is 34.7. The van der Waals surface area contributed by atoms with Gasteiger partial charge in [0.25, 0.3) is 5.91 Å². The van der Waals surface area contributed by atoms with Gasteiger partial charge in [-0.25, -0.2) is 21.7 Å². The van der Waals surface area contributed by atoms with Crippen LogP contribution in [0.4, 0.5) is 0 Å². The third-order valence-electron chi connectivity index (χ3n) is 5.58. The summed E-state index contributed by atoms with van der Waals surface area (Å²) in [6.45, 7) is 6.47. The highest BCUT2D eigenvalue weighted by Crippen LogP contribution is 2.14. The fraction of sp³-hybridized carbons (Fsp3) is 0.533. The zero-order valence-electron chi connectivity index (χ0n) is 27.3. The van der Waals surface area contributed by atoms with Crippen molar-refractivity contribution < 1.29 is 35.8 Å². The standard InChI is InChI=1S/C15H21N3O3.C13H19N5O2.C2H6O.H2N2.H2O.H2/c1-2-20-15(19)13-7-9-14(10-8-13)21-12-6-4-3-5-11-17-18-16;14-17-13(19)11-5-7-12(8-6-11)20-10-4-2-1-3-9-16-18-15;1-2-3;1-2;;/h7-10H,2-6,11-12H2,1H3;5-8H,1-4,9-10,14H2,(H,17,19);3H,2H2,1H3;1-2H;1H2;1H. The number of hydrogen-bond donors (Lipinski definition) is 5. The molecule has 0 aliphatic rings. The smallest absolute Gasteiger partial charge is 0.338 e. The molecule has 2 aromatic carbocycles. The molecule has 0 fully saturated rings. The van der Waals surface area contributed by atoms with Crippen molar-refractivity contribution in [2.75, 3.05) is 39.5 Å². The normalized spacial score (nSPS) is 8.94. The summed E-state index contributed by atoms with van der Waals surface area (Å²) in [5.74, 6) is 5.88. The first kappa shape index (κ1) is 46.5. The number of carbonyl (C=O) groups is 2. The summed E-state index contributed by atoms with van der Waals surface area (Å²) in [6.07, 6.45) is 7.86. The first-order valence-electron chi connectivity index (χ1n) is 15.0. The number of hydrogen-bond acceptors (Lipinski definition) is 11. The largest absolute Gasteiger partial charge is 0.494 e. The number of benzene rings is 2. The van der Waals surface area contributed by atoms with Crippen LogP contribution in [0.3, 0.4) is 0 Å². The van der Waals surface area contributed by atoms with Gasteiger partial charge in [0.15, 0.2) is 0 Å². The minimum Gasteiger partial charge on any atom is -0.494 e. The Morgan fingerprint density at radius 1 is 0.787 bits per heavy atom. The van der Waals surface area contributed by atoms with Crippen molar-refractivity contribution in [2.24, 2.45) is 16.1 Å². The van der Waals surface area contributed by atoms with Crippen LogP contribution in [-0.2, 0) is 4.74 Å². The molecule has 0 spiro atoms. The van der Waals surface area contributed by atoms with E-state index in [-0.39, 0.29) is 25.4 Å². The van der Waals surface area contributed by atoms with Crippen molar-refractivity contribution >= 4 is 11.9 Å². The molecule has 0 aliphatic carbocycles. The highest BCUT2D eigenvalue weighted by molar-refractivity contribution is 5.93. The number of nitrogen functional groups attached to an aromatic ring is 1. The van der Waals surface area contributed by atoms with Crippen LogP contribution in [-0.4, -0.2) is 62.0 Å². The average molecular weight is 665 g/mol. The van der Waals surface area contributed by atoms with Crippen LogP contribution in [0.25, 0.3) is 20.9 Å². The zero-order valence-corrected chi connectivity index (χ0v) is 27.3. The Labute approximate surface area is 277 Å². The molecule has 0 unspecified atom stereocenters. The Kier molecular flexibility index (Phi) is 35.2. The van der Waals surface area contributed by atoms with Crippen molar-refractivity contribution in [2.45, 2.75) is 65.2 Å². The Morgan fingerprint density at radius 3 is 1.53 bits per heavy atom. The Bertz CT molecular complexity index is 1150. The minimum atomic E-state index is -0.323. The molecule has 0 saturated heterocycles. The van der Waals surface area contributed by atoms with Crippen LogP contribution in [0.2, 0.25) is 0 Å². The lowest BCUT2D eigenvalue weighted by Gasteiger charge is -2.07. The number of nitrogens with two attached hydrogens (primary N) is 1. The highest BCUT2D eigenvalue weighted by Gasteiger charge is 2.06. The molecule has 17 heteroatoms. The van der Waals surface area contributed by atoms with E-state index in [1.807, 2.05) is 0 Å². The molecule has 47 heavy (non-hydrogen) atoms. The monoisotopic (exact) mass is 664 g/mol. The van der Waals surface area contributed by atoms with Crippen molar-refractivity contribution in [1.29, 1.82) is 11.1 Å². The van der Waals surface area contributed by atoms with Gasteiger partial charge < -0.3 is 24.8 Å². The van der Waals surface area contributed by atoms with Crippen LogP contribution in [0.5, 0.6) is 11.5 Å². The molecule has 0 aliphatic heterocycles. The SMILES string of the molecule is CCO.CCOC(=O)c1ccc(OCCCCCCN=[N+]=[N-])cc1.N=N.O.[HH].[N-]=[N+]=NCCCCCCOc1ccc(C(=O)NN)cc1. The average Bonchev–Trinajstić information content (AvgIpc) is 3.09. The molecule has 0 bridgehead atoms. The number of carbonyl (C=O) groups excluding carboxylic acids is 2. The molecular weight excluding hydrogens is 612 g/mol. The van der Waals surface area contributed by atoms with Crippen LogP contribution >= 0.6 is 0 Å². The number of aliphatic hydroxyl groups excluding tert-OH is 1. The van der Waals surface area contributed by atoms with Crippen molar-refractivity contribution in [3.05, 3.63) is 80.5 Å². The molecule has 0 radical (unpaired) electrons. The number of nitrogens with zero attached hydrogens (tertiary/aromatic N) is 6. The summed E-state index contributed by atoms with van der Waals surface area (Å²) in [5.41, 5.74) is 29.3. The number of azide groups is 2. The number of amides is 1. The van der Waals surface area contributed by atoms with E-state index < -0.39 is 0 Å². The van der Waals surface area contributed by atoms with E-state index in [0.717, 1.165) is 62.9 Å². The van der Waals surface area contributed by atoms with Gasteiger partial charge in [-0.05, 0) is 99.1 Å². The first-order valence-corrected chi connectivity index (χ1v) is 15.0. The van der Waals surface area contributed by atoms with Gasteiger partial charge in [-0.1, -0.05) is 35.9 Å². The number of aliphatic hydroxyl groups is 1.